The Bertz CT molecular complexity index is 230. The third-order valence-electron chi connectivity index (χ3n) is 2.39. The molecule has 2 atom stereocenters. The van der Waals surface area contributed by atoms with Crippen molar-refractivity contribution in [2.45, 2.75) is 38.5 Å². The zero-order chi connectivity index (χ0) is 10.6. The lowest BCUT2D eigenvalue weighted by atomic mass is 10.1. The first-order valence-corrected chi connectivity index (χ1v) is 6.06. The molecule has 0 aromatic rings. The fourth-order valence-electron chi connectivity index (χ4n) is 1.65. The predicted octanol–water partition coefficient (Wildman–Crippen LogP) is 1.57. The predicted molar refractivity (Wildman–Crippen MR) is 58.1 cm³/mol. The van der Waals surface area contributed by atoms with Gasteiger partial charge in [-0.25, -0.2) is 0 Å². The Hall–Kier alpha value is -0.510. The maximum atomic E-state index is 11.3. The molecule has 4 heteroatoms. The first kappa shape index (κ1) is 11.6. The van der Waals surface area contributed by atoms with Crippen LogP contribution in [0.25, 0.3) is 0 Å². The molecule has 0 saturated heterocycles. The molecule has 0 aliphatic heterocycles. The van der Waals surface area contributed by atoms with E-state index in [1.807, 2.05) is 6.92 Å². The van der Waals surface area contributed by atoms with E-state index in [9.17, 15) is 9.59 Å². The summed E-state index contributed by atoms with van der Waals surface area (Å²) in [4.78, 5) is 22.0. The number of hydrogen-bond donors (Lipinski definition) is 1. The zero-order valence-electron chi connectivity index (χ0n) is 8.71. The van der Waals surface area contributed by atoms with Crippen LogP contribution in [0.4, 0.5) is 0 Å². The van der Waals surface area contributed by atoms with Gasteiger partial charge in [0.05, 0.1) is 5.37 Å². The summed E-state index contributed by atoms with van der Waals surface area (Å²) in [5.41, 5.74) is 0. The Morgan fingerprint density at radius 3 is 2.93 bits per heavy atom. The molecule has 2 unspecified atom stereocenters. The van der Waals surface area contributed by atoms with Crippen LogP contribution in [0.1, 0.15) is 33.1 Å². The van der Waals surface area contributed by atoms with E-state index in [1.54, 1.807) is 11.8 Å². The SMILES string of the molecule is CC(=O)NC(C)SCC1CCCC1=O. The van der Waals surface area contributed by atoms with Gasteiger partial charge < -0.3 is 5.32 Å². The molecule has 0 spiro atoms. The number of rotatable bonds is 4. The van der Waals surface area contributed by atoms with Gasteiger partial charge in [-0.3, -0.25) is 9.59 Å². The summed E-state index contributed by atoms with van der Waals surface area (Å²) in [5, 5.41) is 2.91. The molecule has 0 aromatic heterocycles. The average molecular weight is 215 g/mol. The molecule has 14 heavy (non-hydrogen) atoms. The minimum atomic E-state index is -0.0113. The third kappa shape index (κ3) is 3.70. The molecular weight excluding hydrogens is 198 g/mol. The van der Waals surface area contributed by atoms with Crippen molar-refractivity contribution in [3.8, 4) is 0 Å². The first-order valence-electron chi connectivity index (χ1n) is 5.01. The van der Waals surface area contributed by atoms with Crippen LogP contribution in [0, 0.1) is 5.92 Å². The lowest BCUT2D eigenvalue weighted by molar-refractivity contribution is -0.120. The second-order valence-electron chi connectivity index (χ2n) is 3.73. The Labute approximate surface area is 89.0 Å². The van der Waals surface area contributed by atoms with Gasteiger partial charge in [0.2, 0.25) is 5.91 Å². The highest BCUT2D eigenvalue weighted by molar-refractivity contribution is 7.99. The van der Waals surface area contributed by atoms with E-state index in [0.29, 0.717) is 5.78 Å². The van der Waals surface area contributed by atoms with Crippen LogP contribution in [0.3, 0.4) is 0 Å². The molecule has 1 saturated carbocycles. The molecule has 0 heterocycles. The largest absolute Gasteiger partial charge is 0.345 e. The Balaban J connectivity index is 2.19. The van der Waals surface area contributed by atoms with Crippen molar-refractivity contribution in [3.63, 3.8) is 0 Å². The normalized spacial score (nSPS) is 23.6. The molecule has 1 aliphatic carbocycles. The van der Waals surface area contributed by atoms with Gasteiger partial charge in [0.25, 0.3) is 0 Å². The monoisotopic (exact) mass is 215 g/mol. The lowest BCUT2D eigenvalue weighted by Gasteiger charge is -2.14. The van der Waals surface area contributed by atoms with E-state index in [-0.39, 0.29) is 17.2 Å². The summed E-state index contributed by atoms with van der Waals surface area (Å²) in [6.45, 7) is 3.46. The lowest BCUT2D eigenvalue weighted by Crippen LogP contribution is -2.28. The molecule has 1 rings (SSSR count). The fraction of sp³-hybridized carbons (Fsp3) is 0.800. The van der Waals surface area contributed by atoms with E-state index >= 15 is 0 Å². The first-order chi connectivity index (χ1) is 6.59. The maximum Gasteiger partial charge on any atom is 0.217 e. The number of hydrogen-bond acceptors (Lipinski definition) is 3. The molecule has 0 bridgehead atoms. The summed E-state index contributed by atoms with van der Waals surface area (Å²) in [6, 6.07) is 0. The summed E-state index contributed by atoms with van der Waals surface area (Å²) in [7, 11) is 0. The highest BCUT2D eigenvalue weighted by atomic mass is 32.2. The van der Waals surface area contributed by atoms with Crippen molar-refractivity contribution in [1.82, 2.24) is 5.32 Å². The van der Waals surface area contributed by atoms with Crippen LogP contribution < -0.4 is 5.32 Å². The molecule has 80 valence electrons. The van der Waals surface area contributed by atoms with Crippen molar-refractivity contribution < 1.29 is 9.59 Å². The number of carbonyl (C=O) groups is 2. The average Bonchev–Trinajstić information content (AvgIpc) is 2.46. The van der Waals surface area contributed by atoms with Gasteiger partial charge in [-0.05, 0) is 19.8 Å². The van der Waals surface area contributed by atoms with Crippen molar-refractivity contribution in [2.75, 3.05) is 5.75 Å². The van der Waals surface area contributed by atoms with Crippen molar-refractivity contribution in [3.05, 3.63) is 0 Å². The molecule has 1 amide bonds. The Morgan fingerprint density at radius 1 is 1.71 bits per heavy atom. The number of carbonyl (C=O) groups excluding carboxylic acids is 2. The van der Waals surface area contributed by atoms with Crippen molar-refractivity contribution in [1.29, 1.82) is 0 Å². The highest BCUT2D eigenvalue weighted by Crippen LogP contribution is 2.25. The second kappa shape index (κ2) is 5.39. The molecule has 0 radical (unpaired) electrons. The van der Waals surface area contributed by atoms with Gasteiger partial charge in [-0.15, -0.1) is 11.8 Å². The number of amides is 1. The molecular formula is C10H17NO2S. The number of nitrogens with one attached hydrogen (secondary N) is 1. The van der Waals surface area contributed by atoms with E-state index < -0.39 is 0 Å². The number of ketones is 1. The van der Waals surface area contributed by atoms with Crippen LogP contribution in [0.5, 0.6) is 0 Å². The third-order valence-corrected chi connectivity index (χ3v) is 3.60. The van der Waals surface area contributed by atoms with Crippen molar-refractivity contribution in [2.24, 2.45) is 5.92 Å². The summed E-state index contributed by atoms with van der Waals surface area (Å²) in [5.74, 6) is 1.46. The van der Waals surface area contributed by atoms with Gasteiger partial charge in [0, 0.05) is 25.0 Å². The molecule has 3 nitrogen and oxygen atoms in total. The van der Waals surface area contributed by atoms with Gasteiger partial charge in [-0.2, -0.15) is 0 Å². The molecule has 1 aliphatic rings. The van der Waals surface area contributed by atoms with Crippen LogP contribution in [-0.4, -0.2) is 22.8 Å². The van der Waals surface area contributed by atoms with Crippen LogP contribution in [0.15, 0.2) is 0 Å². The van der Waals surface area contributed by atoms with Gasteiger partial charge in [0.1, 0.15) is 5.78 Å². The van der Waals surface area contributed by atoms with Gasteiger partial charge in [-0.1, -0.05) is 0 Å². The minimum absolute atomic E-state index is 0.0113. The van der Waals surface area contributed by atoms with Crippen molar-refractivity contribution >= 4 is 23.5 Å². The Kier molecular flexibility index (Phi) is 4.45. The second-order valence-corrected chi connectivity index (χ2v) is 5.11. The topological polar surface area (TPSA) is 46.2 Å². The van der Waals surface area contributed by atoms with Crippen LogP contribution in [0.2, 0.25) is 0 Å². The van der Waals surface area contributed by atoms with E-state index in [4.69, 9.17) is 0 Å². The van der Waals surface area contributed by atoms with E-state index in [0.717, 1.165) is 25.0 Å². The van der Waals surface area contributed by atoms with E-state index in [2.05, 4.69) is 5.32 Å². The minimum Gasteiger partial charge on any atom is -0.345 e. The molecule has 0 aromatic carbocycles. The highest BCUT2D eigenvalue weighted by Gasteiger charge is 2.24. The summed E-state index contributed by atoms with van der Waals surface area (Å²) in [6.07, 6.45) is 2.82. The molecule has 1 N–H and O–H groups in total. The molecule has 1 fully saturated rings. The Morgan fingerprint density at radius 2 is 2.43 bits per heavy atom. The fourth-order valence-corrected chi connectivity index (χ4v) is 2.78. The van der Waals surface area contributed by atoms with Gasteiger partial charge in [0.15, 0.2) is 0 Å². The van der Waals surface area contributed by atoms with E-state index in [1.165, 1.54) is 6.92 Å². The summed E-state index contributed by atoms with van der Waals surface area (Å²) >= 11 is 1.65. The maximum absolute atomic E-state index is 11.3. The standard InChI is InChI=1S/C10H17NO2S/c1-7(12)11-8(2)14-6-9-4-3-5-10(9)13/h8-9H,3-6H2,1-2H3,(H,11,12). The quantitative estimate of drug-likeness (QED) is 0.724. The summed E-state index contributed by atoms with van der Waals surface area (Å²) < 4.78 is 0. The zero-order valence-corrected chi connectivity index (χ0v) is 9.52. The van der Waals surface area contributed by atoms with Crippen LogP contribution in [-0.2, 0) is 9.59 Å². The van der Waals surface area contributed by atoms with Crippen LogP contribution >= 0.6 is 11.8 Å². The number of Topliss-reactive ketones (excluding diaryl/α,β-unsaturated/α-hetero) is 1. The van der Waals surface area contributed by atoms with Gasteiger partial charge >= 0.3 is 0 Å². The number of thioether (sulfide) groups is 1. The smallest absolute Gasteiger partial charge is 0.217 e.